The molecule has 7 nitrogen and oxygen atoms in total. The zero-order valence-electron chi connectivity index (χ0n) is 19.0. The first-order valence-electron chi connectivity index (χ1n) is 11.0. The molecule has 0 unspecified atom stereocenters. The van der Waals surface area contributed by atoms with E-state index in [-0.39, 0.29) is 34.2 Å². The fraction of sp³-hybridized carbons (Fsp3) is 0.458. The minimum Gasteiger partial charge on any atom is -0.495 e. The molecular formula is C24H33N3O4S. The smallest absolute Gasteiger partial charge is 0.251 e. The summed E-state index contributed by atoms with van der Waals surface area (Å²) in [5, 5.41) is 2.95. The number of methoxy groups -OCH3 is 1. The minimum absolute atomic E-state index is 0.00649. The number of hydrogen-bond acceptors (Lipinski definition) is 5. The Hall–Kier alpha value is -2.42. The van der Waals surface area contributed by atoms with Gasteiger partial charge < -0.3 is 15.0 Å². The zero-order valence-corrected chi connectivity index (χ0v) is 19.8. The van der Waals surface area contributed by atoms with Crippen molar-refractivity contribution in [1.82, 2.24) is 14.9 Å². The summed E-state index contributed by atoms with van der Waals surface area (Å²) < 4.78 is 34.0. The molecule has 0 spiro atoms. The lowest BCUT2D eigenvalue weighted by molar-refractivity contribution is 0.0941. The molecule has 1 amide bonds. The summed E-state index contributed by atoms with van der Waals surface area (Å²) in [5.41, 5.74) is 1.48. The maximum atomic E-state index is 13.0. The highest BCUT2D eigenvalue weighted by Crippen LogP contribution is 2.27. The van der Waals surface area contributed by atoms with Gasteiger partial charge in [0, 0.05) is 24.2 Å². The zero-order chi connectivity index (χ0) is 23.1. The molecule has 8 heteroatoms. The van der Waals surface area contributed by atoms with Crippen LogP contribution in [0.3, 0.4) is 0 Å². The van der Waals surface area contributed by atoms with E-state index in [1.165, 1.54) is 24.8 Å². The minimum atomic E-state index is -3.79. The molecule has 32 heavy (non-hydrogen) atoms. The fourth-order valence-corrected chi connectivity index (χ4v) is 5.49. The molecule has 1 fully saturated rings. The second kappa shape index (κ2) is 10.9. The van der Waals surface area contributed by atoms with Crippen molar-refractivity contribution < 1.29 is 17.9 Å². The molecule has 0 aromatic heterocycles. The van der Waals surface area contributed by atoms with Crippen LogP contribution >= 0.6 is 0 Å². The molecule has 1 aliphatic rings. The summed E-state index contributed by atoms with van der Waals surface area (Å²) in [7, 11) is 1.59. The van der Waals surface area contributed by atoms with E-state index >= 15 is 0 Å². The Morgan fingerprint density at radius 3 is 2.44 bits per heavy atom. The summed E-state index contributed by atoms with van der Waals surface area (Å²) in [5.74, 6) is -0.0906. The molecule has 2 N–H and O–H groups in total. The van der Waals surface area contributed by atoms with Crippen LogP contribution < -0.4 is 14.8 Å². The molecule has 2 aromatic rings. The number of hydrogen-bond donors (Lipinski definition) is 2. The third-order valence-corrected chi connectivity index (χ3v) is 7.48. The molecule has 2 aromatic carbocycles. The van der Waals surface area contributed by atoms with Crippen LogP contribution in [-0.4, -0.2) is 59.1 Å². The van der Waals surface area contributed by atoms with Gasteiger partial charge in [0.05, 0.1) is 7.11 Å². The van der Waals surface area contributed by atoms with Gasteiger partial charge in [-0.15, -0.1) is 0 Å². The van der Waals surface area contributed by atoms with E-state index in [2.05, 4.69) is 27.1 Å². The van der Waals surface area contributed by atoms with Crippen LogP contribution in [0.2, 0.25) is 0 Å². The number of carbonyl (C=O) groups is 1. The quantitative estimate of drug-likeness (QED) is 0.571. The molecule has 0 bridgehead atoms. The topological polar surface area (TPSA) is 87.7 Å². The van der Waals surface area contributed by atoms with Crippen molar-refractivity contribution in [3.05, 3.63) is 59.7 Å². The lowest BCUT2D eigenvalue weighted by Crippen LogP contribution is -2.41. The number of likely N-dealkylation sites (N-methyl/N-ethyl adjacent to an activating group) is 1. The average molecular weight is 460 g/mol. The van der Waals surface area contributed by atoms with Crippen molar-refractivity contribution in [2.45, 2.75) is 49.1 Å². The Bertz CT molecular complexity index is 1000. The van der Waals surface area contributed by atoms with E-state index in [0.29, 0.717) is 6.54 Å². The van der Waals surface area contributed by atoms with Crippen LogP contribution in [0.1, 0.15) is 41.6 Å². The SMILES string of the molecule is COc1ccc(C(=O)NC[C@@H](Cc2ccccc2)N(C)C)cc1S(=O)(=O)NC1CCCC1. The van der Waals surface area contributed by atoms with E-state index in [1.807, 2.05) is 32.3 Å². The number of nitrogens with one attached hydrogen (secondary N) is 2. The van der Waals surface area contributed by atoms with Gasteiger partial charge in [-0.2, -0.15) is 0 Å². The number of amides is 1. The second-order valence-corrected chi connectivity index (χ2v) is 10.2. The van der Waals surface area contributed by atoms with Gasteiger partial charge in [0.15, 0.2) is 0 Å². The van der Waals surface area contributed by atoms with Gasteiger partial charge in [-0.05, 0) is 57.1 Å². The summed E-state index contributed by atoms with van der Waals surface area (Å²) in [4.78, 5) is 14.9. The molecule has 0 aliphatic heterocycles. The van der Waals surface area contributed by atoms with Crippen molar-refractivity contribution in [3.8, 4) is 5.75 Å². The maximum absolute atomic E-state index is 13.0. The monoisotopic (exact) mass is 459 g/mol. The highest BCUT2D eigenvalue weighted by Gasteiger charge is 2.27. The van der Waals surface area contributed by atoms with Gasteiger partial charge in [-0.3, -0.25) is 4.79 Å². The normalized spacial score (nSPS) is 15.6. The summed E-state index contributed by atoms with van der Waals surface area (Å²) >= 11 is 0. The summed E-state index contributed by atoms with van der Waals surface area (Å²) in [6.45, 7) is 0.440. The first-order valence-corrected chi connectivity index (χ1v) is 12.5. The van der Waals surface area contributed by atoms with Gasteiger partial charge in [0.1, 0.15) is 10.6 Å². The van der Waals surface area contributed by atoms with Crippen LogP contribution in [-0.2, 0) is 16.4 Å². The number of rotatable bonds is 10. The highest BCUT2D eigenvalue weighted by molar-refractivity contribution is 7.89. The maximum Gasteiger partial charge on any atom is 0.251 e. The third-order valence-electron chi connectivity index (χ3n) is 5.94. The number of nitrogens with zero attached hydrogens (tertiary/aromatic N) is 1. The fourth-order valence-electron chi connectivity index (χ4n) is 3.99. The molecule has 1 aliphatic carbocycles. The Kier molecular flexibility index (Phi) is 8.28. The number of sulfonamides is 1. The Morgan fingerprint density at radius 1 is 1.12 bits per heavy atom. The van der Waals surface area contributed by atoms with Crippen LogP contribution in [0.25, 0.3) is 0 Å². The number of carbonyl (C=O) groups excluding carboxylic acids is 1. The Balaban J connectivity index is 1.72. The number of ether oxygens (including phenoxy) is 1. The van der Waals surface area contributed by atoms with Crippen molar-refractivity contribution >= 4 is 15.9 Å². The highest BCUT2D eigenvalue weighted by atomic mass is 32.2. The summed E-state index contributed by atoms with van der Waals surface area (Å²) in [6, 6.07) is 14.7. The standard InChI is InChI=1S/C24H33N3O4S/c1-27(2)21(15-18-9-5-4-6-10-18)17-25-24(28)19-13-14-22(31-3)23(16-19)32(29,30)26-20-11-7-8-12-20/h4-6,9-10,13-14,16,20-21,26H,7-8,11-12,15,17H2,1-3H3,(H,25,28)/t21-/m1/s1. The van der Waals surface area contributed by atoms with Gasteiger partial charge >= 0.3 is 0 Å². The third kappa shape index (κ3) is 6.31. The van der Waals surface area contributed by atoms with Gasteiger partial charge in [0.25, 0.3) is 5.91 Å². The first kappa shape index (κ1) is 24.2. The van der Waals surface area contributed by atoms with Crippen LogP contribution in [0.4, 0.5) is 0 Å². The molecule has 174 valence electrons. The van der Waals surface area contributed by atoms with Crippen molar-refractivity contribution in [2.75, 3.05) is 27.7 Å². The average Bonchev–Trinajstić information content (AvgIpc) is 3.28. The van der Waals surface area contributed by atoms with E-state index in [9.17, 15) is 13.2 Å². The van der Waals surface area contributed by atoms with E-state index in [0.717, 1.165) is 32.1 Å². The van der Waals surface area contributed by atoms with Gasteiger partial charge in [-0.1, -0.05) is 43.2 Å². The van der Waals surface area contributed by atoms with Crippen LogP contribution in [0.15, 0.2) is 53.4 Å². The lowest BCUT2D eigenvalue weighted by Gasteiger charge is -2.25. The van der Waals surface area contributed by atoms with Crippen molar-refractivity contribution in [2.24, 2.45) is 0 Å². The molecule has 0 radical (unpaired) electrons. The van der Waals surface area contributed by atoms with E-state index < -0.39 is 10.0 Å². The summed E-state index contributed by atoms with van der Waals surface area (Å²) in [6.07, 6.45) is 4.48. The predicted octanol–water partition coefficient (Wildman–Crippen LogP) is 2.82. The van der Waals surface area contributed by atoms with Crippen LogP contribution in [0.5, 0.6) is 5.75 Å². The Morgan fingerprint density at radius 2 is 1.81 bits per heavy atom. The lowest BCUT2D eigenvalue weighted by atomic mass is 10.0. The second-order valence-electron chi connectivity index (χ2n) is 8.49. The van der Waals surface area contributed by atoms with Gasteiger partial charge in [-0.25, -0.2) is 13.1 Å². The molecule has 1 saturated carbocycles. The van der Waals surface area contributed by atoms with E-state index in [4.69, 9.17) is 4.74 Å². The van der Waals surface area contributed by atoms with Gasteiger partial charge in [0.2, 0.25) is 10.0 Å². The molecular weight excluding hydrogens is 426 g/mol. The van der Waals surface area contributed by atoms with E-state index in [1.54, 1.807) is 6.07 Å². The number of benzene rings is 2. The molecule has 1 atom stereocenters. The largest absolute Gasteiger partial charge is 0.495 e. The Labute approximate surface area is 191 Å². The van der Waals surface area contributed by atoms with Crippen molar-refractivity contribution in [1.29, 1.82) is 0 Å². The molecule has 0 heterocycles. The van der Waals surface area contributed by atoms with Crippen molar-refractivity contribution in [3.63, 3.8) is 0 Å². The van der Waals surface area contributed by atoms with Crippen LogP contribution in [0, 0.1) is 0 Å². The predicted molar refractivity (Wildman–Crippen MR) is 126 cm³/mol. The molecule has 0 saturated heterocycles. The molecule has 3 rings (SSSR count). The first-order chi connectivity index (χ1) is 15.3.